The van der Waals surface area contributed by atoms with Crippen molar-refractivity contribution in [2.24, 2.45) is 0 Å². The Bertz CT molecular complexity index is 1190. The minimum Gasteiger partial charge on any atom is -0.469 e. The highest BCUT2D eigenvalue weighted by Gasteiger charge is 2.25. The van der Waals surface area contributed by atoms with Gasteiger partial charge in [0, 0.05) is 28.4 Å². The Kier molecular flexibility index (Phi) is 8.99. The van der Waals surface area contributed by atoms with Crippen LogP contribution >= 0.6 is 15.9 Å². The zero-order valence-electron chi connectivity index (χ0n) is 19.7. The summed E-state index contributed by atoms with van der Waals surface area (Å²) in [6.45, 7) is 4.04. The van der Waals surface area contributed by atoms with E-state index in [1.54, 1.807) is 30.5 Å². The molecule has 0 bridgehead atoms. The maximum absolute atomic E-state index is 13.7. The first-order valence-corrected chi connectivity index (χ1v) is 12.0. The Morgan fingerprint density at radius 3 is 2.09 bits per heavy atom. The summed E-state index contributed by atoms with van der Waals surface area (Å²) in [6.07, 6.45) is 0.854. The SMILES string of the molecule is COC(=O)CC(O)CC(O)C=Cn1c(-c2ccc(F)cc2)c(-c2ccc(F)cc2)c(Br)c1C(C)C. The van der Waals surface area contributed by atoms with Gasteiger partial charge in [-0.25, -0.2) is 8.78 Å². The van der Waals surface area contributed by atoms with E-state index in [9.17, 15) is 23.8 Å². The van der Waals surface area contributed by atoms with Crippen LogP contribution in [0.4, 0.5) is 8.78 Å². The molecule has 35 heavy (non-hydrogen) atoms. The van der Waals surface area contributed by atoms with Gasteiger partial charge in [-0.15, -0.1) is 0 Å². The van der Waals surface area contributed by atoms with Gasteiger partial charge in [-0.3, -0.25) is 4.79 Å². The number of halogens is 3. The molecule has 3 rings (SSSR count). The second-order valence-corrected chi connectivity index (χ2v) is 9.33. The fourth-order valence-corrected chi connectivity index (χ4v) is 5.00. The van der Waals surface area contributed by atoms with E-state index in [0.717, 1.165) is 32.6 Å². The van der Waals surface area contributed by atoms with Crippen molar-refractivity contribution < 1.29 is 28.5 Å². The Hall–Kier alpha value is -2.81. The molecule has 1 heterocycles. The summed E-state index contributed by atoms with van der Waals surface area (Å²) in [6, 6.07) is 12.2. The van der Waals surface area contributed by atoms with E-state index in [1.165, 1.54) is 37.5 Å². The zero-order chi connectivity index (χ0) is 25.7. The molecule has 0 aliphatic carbocycles. The molecule has 0 saturated carbocycles. The van der Waals surface area contributed by atoms with Gasteiger partial charge in [-0.05, 0) is 75.4 Å². The van der Waals surface area contributed by atoms with Crippen LogP contribution in [0, 0.1) is 11.6 Å². The highest BCUT2D eigenvalue weighted by Crippen LogP contribution is 2.45. The quantitative estimate of drug-likeness (QED) is 0.316. The van der Waals surface area contributed by atoms with E-state index in [1.807, 2.05) is 18.4 Å². The Balaban J connectivity index is 2.12. The first-order valence-electron chi connectivity index (χ1n) is 11.2. The van der Waals surface area contributed by atoms with Gasteiger partial charge in [0.25, 0.3) is 0 Å². The summed E-state index contributed by atoms with van der Waals surface area (Å²) in [7, 11) is 1.23. The van der Waals surface area contributed by atoms with Crippen molar-refractivity contribution in [1.29, 1.82) is 0 Å². The molecule has 5 nitrogen and oxygen atoms in total. The monoisotopic (exact) mass is 547 g/mol. The molecule has 0 radical (unpaired) electrons. The first kappa shape index (κ1) is 26.8. The van der Waals surface area contributed by atoms with Crippen molar-refractivity contribution in [2.45, 2.75) is 44.8 Å². The molecule has 2 aromatic carbocycles. The number of ether oxygens (including phenoxy) is 1. The molecular formula is C27H28BrF2NO4. The number of rotatable bonds is 9. The Labute approximate surface area is 211 Å². The van der Waals surface area contributed by atoms with Crippen molar-refractivity contribution in [2.75, 3.05) is 7.11 Å². The highest BCUT2D eigenvalue weighted by molar-refractivity contribution is 9.10. The number of nitrogens with zero attached hydrogens (tertiary/aromatic N) is 1. The average Bonchev–Trinajstić information content (AvgIpc) is 3.10. The van der Waals surface area contributed by atoms with Crippen LogP contribution in [0.5, 0.6) is 0 Å². The number of benzene rings is 2. The van der Waals surface area contributed by atoms with Gasteiger partial charge in [0.2, 0.25) is 0 Å². The van der Waals surface area contributed by atoms with Gasteiger partial charge in [0.05, 0.1) is 31.4 Å². The van der Waals surface area contributed by atoms with Crippen LogP contribution in [0.2, 0.25) is 0 Å². The number of methoxy groups -OCH3 is 1. The second kappa shape index (κ2) is 11.7. The molecule has 186 valence electrons. The van der Waals surface area contributed by atoms with E-state index < -0.39 is 18.2 Å². The van der Waals surface area contributed by atoms with Crippen LogP contribution in [-0.2, 0) is 9.53 Å². The average molecular weight is 548 g/mol. The van der Waals surface area contributed by atoms with Gasteiger partial charge < -0.3 is 19.5 Å². The van der Waals surface area contributed by atoms with E-state index in [2.05, 4.69) is 20.7 Å². The summed E-state index contributed by atoms with van der Waals surface area (Å²) in [4.78, 5) is 11.4. The summed E-state index contributed by atoms with van der Waals surface area (Å²) in [5, 5.41) is 20.6. The summed E-state index contributed by atoms with van der Waals surface area (Å²) in [5.74, 6) is -1.24. The highest BCUT2D eigenvalue weighted by atomic mass is 79.9. The van der Waals surface area contributed by atoms with Crippen LogP contribution in [0.15, 0.2) is 59.1 Å². The van der Waals surface area contributed by atoms with Crippen molar-refractivity contribution in [1.82, 2.24) is 4.57 Å². The summed E-state index contributed by atoms with van der Waals surface area (Å²) < 4.78 is 34.6. The number of esters is 1. The maximum Gasteiger partial charge on any atom is 0.308 e. The summed E-state index contributed by atoms with van der Waals surface area (Å²) in [5.41, 5.74) is 3.90. The predicted molar refractivity (Wildman–Crippen MR) is 136 cm³/mol. The van der Waals surface area contributed by atoms with Crippen LogP contribution in [0.3, 0.4) is 0 Å². The van der Waals surface area contributed by atoms with Crippen molar-refractivity contribution in [3.8, 4) is 22.4 Å². The fourth-order valence-electron chi connectivity index (χ4n) is 3.94. The fraction of sp³-hybridized carbons (Fsp3) is 0.296. The normalized spacial score (nSPS) is 13.4. The number of aliphatic hydroxyl groups is 2. The molecule has 0 fully saturated rings. The molecule has 0 aliphatic heterocycles. The van der Waals surface area contributed by atoms with Crippen LogP contribution in [0.1, 0.15) is 38.3 Å². The second-order valence-electron chi connectivity index (χ2n) is 8.54. The van der Waals surface area contributed by atoms with Crippen molar-refractivity contribution >= 4 is 28.1 Å². The third kappa shape index (κ3) is 6.45. The minimum atomic E-state index is -1.06. The molecule has 0 amide bonds. The number of hydrogen-bond donors (Lipinski definition) is 2. The van der Waals surface area contributed by atoms with Gasteiger partial charge in [0.15, 0.2) is 0 Å². The molecule has 8 heteroatoms. The van der Waals surface area contributed by atoms with E-state index >= 15 is 0 Å². The number of carbonyl (C=O) groups is 1. The molecule has 0 saturated heterocycles. The van der Waals surface area contributed by atoms with Gasteiger partial charge >= 0.3 is 5.97 Å². The topological polar surface area (TPSA) is 71.7 Å². The third-order valence-electron chi connectivity index (χ3n) is 5.58. The smallest absolute Gasteiger partial charge is 0.308 e. The predicted octanol–water partition coefficient (Wildman–Crippen LogP) is 6.13. The van der Waals surface area contributed by atoms with Crippen LogP contribution in [-0.4, -0.2) is 40.1 Å². The lowest BCUT2D eigenvalue weighted by Crippen LogP contribution is -2.20. The van der Waals surface area contributed by atoms with E-state index in [4.69, 9.17) is 0 Å². The molecule has 0 spiro atoms. The Morgan fingerprint density at radius 2 is 1.57 bits per heavy atom. The standard InChI is InChI=1S/C27H28BrF2NO4/c1-16(2)26-25(28)24(17-4-8-19(29)9-5-17)27(18-6-10-20(30)11-7-18)31(26)13-12-21(32)14-22(33)15-23(34)35-3/h4-13,16,21-22,32-33H,14-15H2,1-3H3. The van der Waals surface area contributed by atoms with Crippen LogP contribution < -0.4 is 0 Å². The lowest BCUT2D eigenvalue weighted by molar-refractivity contribution is -0.143. The lowest BCUT2D eigenvalue weighted by Gasteiger charge is -2.15. The molecular weight excluding hydrogens is 520 g/mol. The molecule has 0 aliphatic rings. The molecule has 2 unspecified atom stereocenters. The number of carbonyl (C=O) groups excluding carboxylic acids is 1. The summed E-state index contributed by atoms with van der Waals surface area (Å²) >= 11 is 3.73. The van der Waals surface area contributed by atoms with Crippen molar-refractivity contribution in [3.63, 3.8) is 0 Å². The molecule has 2 N–H and O–H groups in total. The van der Waals surface area contributed by atoms with E-state index in [0.29, 0.717) is 0 Å². The lowest BCUT2D eigenvalue weighted by atomic mass is 10.0. The van der Waals surface area contributed by atoms with Gasteiger partial charge in [-0.2, -0.15) is 0 Å². The molecule has 1 aromatic heterocycles. The zero-order valence-corrected chi connectivity index (χ0v) is 21.3. The number of aliphatic hydroxyl groups excluding tert-OH is 2. The Morgan fingerprint density at radius 1 is 1.03 bits per heavy atom. The largest absolute Gasteiger partial charge is 0.469 e. The number of hydrogen-bond acceptors (Lipinski definition) is 4. The first-order chi connectivity index (χ1) is 16.6. The molecule has 2 atom stereocenters. The molecule has 3 aromatic rings. The van der Waals surface area contributed by atoms with Crippen LogP contribution in [0.25, 0.3) is 28.6 Å². The minimum absolute atomic E-state index is 0.0458. The third-order valence-corrected chi connectivity index (χ3v) is 6.38. The maximum atomic E-state index is 13.7. The van der Waals surface area contributed by atoms with Gasteiger partial charge in [-0.1, -0.05) is 26.0 Å². The van der Waals surface area contributed by atoms with Crippen molar-refractivity contribution in [3.05, 3.63) is 76.4 Å². The number of aromatic nitrogens is 1. The van der Waals surface area contributed by atoms with E-state index in [-0.39, 0.29) is 30.4 Å². The van der Waals surface area contributed by atoms with Gasteiger partial charge in [0.1, 0.15) is 11.6 Å².